The SMILES string of the molecule is NC1CCC(NC(=O)C23CC4CC(c5ccccc5)(CC(C2)C4CCF)C3)CC1. The van der Waals surface area contributed by atoms with Crippen molar-refractivity contribution in [3.63, 3.8) is 0 Å². The molecule has 0 radical (unpaired) electrons. The van der Waals surface area contributed by atoms with E-state index in [0.29, 0.717) is 30.2 Å². The lowest BCUT2D eigenvalue weighted by Crippen LogP contribution is -2.62. The third-order valence-electron chi connectivity index (χ3n) is 8.92. The first-order valence-electron chi connectivity index (χ1n) is 11.7. The largest absolute Gasteiger partial charge is 0.353 e. The summed E-state index contributed by atoms with van der Waals surface area (Å²) in [4.78, 5) is 13.7. The van der Waals surface area contributed by atoms with Crippen LogP contribution in [0.15, 0.2) is 30.3 Å². The molecule has 5 fully saturated rings. The van der Waals surface area contributed by atoms with Crippen molar-refractivity contribution in [2.75, 3.05) is 6.67 Å². The number of rotatable bonds is 5. The first kappa shape index (κ1) is 19.5. The van der Waals surface area contributed by atoms with E-state index in [-0.39, 0.29) is 29.5 Å². The van der Waals surface area contributed by atoms with Gasteiger partial charge in [0, 0.05) is 12.1 Å². The molecule has 3 nitrogen and oxygen atoms in total. The Balaban J connectivity index is 1.42. The summed E-state index contributed by atoms with van der Waals surface area (Å²) in [5, 5.41) is 3.44. The second-order valence-corrected chi connectivity index (χ2v) is 10.7. The minimum atomic E-state index is -0.256. The second-order valence-electron chi connectivity index (χ2n) is 10.7. The van der Waals surface area contributed by atoms with E-state index in [1.807, 2.05) is 0 Å². The van der Waals surface area contributed by atoms with E-state index < -0.39 is 0 Å². The van der Waals surface area contributed by atoms with Crippen LogP contribution >= 0.6 is 0 Å². The molecule has 6 rings (SSSR count). The second kappa shape index (κ2) is 7.37. The molecule has 0 heterocycles. The average Bonchev–Trinajstić information content (AvgIpc) is 2.72. The molecule has 1 amide bonds. The number of hydrogen-bond donors (Lipinski definition) is 2. The highest BCUT2D eigenvalue weighted by Gasteiger charge is 2.63. The molecule has 4 bridgehead atoms. The van der Waals surface area contributed by atoms with Gasteiger partial charge in [0.25, 0.3) is 0 Å². The minimum absolute atomic E-state index is 0.103. The lowest BCUT2D eigenvalue weighted by molar-refractivity contribution is -0.159. The minimum Gasteiger partial charge on any atom is -0.353 e. The molecule has 2 atom stereocenters. The summed E-state index contributed by atoms with van der Waals surface area (Å²) in [5.74, 6) is 1.72. The maximum Gasteiger partial charge on any atom is 0.226 e. The van der Waals surface area contributed by atoms with Crippen LogP contribution in [0.25, 0.3) is 0 Å². The van der Waals surface area contributed by atoms with Crippen molar-refractivity contribution in [3.8, 4) is 0 Å². The fourth-order valence-corrected chi connectivity index (χ4v) is 7.84. The van der Waals surface area contributed by atoms with Crippen LogP contribution in [-0.4, -0.2) is 24.7 Å². The van der Waals surface area contributed by atoms with Crippen LogP contribution in [0, 0.1) is 23.2 Å². The van der Waals surface area contributed by atoms with Gasteiger partial charge < -0.3 is 11.1 Å². The Kier molecular flexibility index (Phi) is 4.97. The molecule has 5 saturated carbocycles. The predicted octanol–water partition coefficient (Wildman–Crippen LogP) is 4.50. The van der Waals surface area contributed by atoms with E-state index in [2.05, 4.69) is 35.6 Å². The van der Waals surface area contributed by atoms with Crippen molar-refractivity contribution in [2.24, 2.45) is 28.9 Å². The zero-order valence-corrected chi connectivity index (χ0v) is 17.4. The van der Waals surface area contributed by atoms with Crippen LogP contribution < -0.4 is 11.1 Å². The number of carbonyl (C=O) groups excluding carboxylic acids is 1. The number of halogens is 1. The van der Waals surface area contributed by atoms with Crippen LogP contribution in [-0.2, 0) is 10.2 Å². The van der Waals surface area contributed by atoms with Gasteiger partial charge in [0.1, 0.15) is 0 Å². The van der Waals surface area contributed by atoms with Gasteiger partial charge >= 0.3 is 0 Å². The number of alkyl halides is 1. The number of amides is 1. The molecule has 158 valence electrons. The summed E-state index contributed by atoms with van der Waals surface area (Å²) in [6.45, 7) is -0.225. The Labute approximate surface area is 174 Å². The van der Waals surface area contributed by atoms with E-state index in [9.17, 15) is 9.18 Å². The highest BCUT2D eigenvalue weighted by atomic mass is 19.1. The van der Waals surface area contributed by atoms with Gasteiger partial charge in [-0.25, -0.2) is 0 Å². The Morgan fingerprint density at radius 1 is 1.03 bits per heavy atom. The molecule has 0 spiro atoms. The van der Waals surface area contributed by atoms with Crippen molar-refractivity contribution in [1.29, 1.82) is 0 Å². The predicted molar refractivity (Wildman–Crippen MR) is 113 cm³/mol. The van der Waals surface area contributed by atoms with Crippen molar-refractivity contribution >= 4 is 5.91 Å². The zero-order valence-electron chi connectivity index (χ0n) is 17.4. The lowest BCUT2D eigenvalue weighted by atomic mass is 9.39. The van der Waals surface area contributed by atoms with Gasteiger partial charge in [0.15, 0.2) is 0 Å². The van der Waals surface area contributed by atoms with Crippen LogP contribution in [0.2, 0.25) is 0 Å². The molecule has 5 aliphatic rings. The molecule has 29 heavy (non-hydrogen) atoms. The van der Waals surface area contributed by atoms with E-state index >= 15 is 0 Å². The summed E-state index contributed by atoms with van der Waals surface area (Å²) in [6, 6.07) is 11.4. The van der Waals surface area contributed by atoms with E-state index in [1.54, 1.807) is 0 Å². The van der Waals surface area contributed by atoms with Gasteiger partial charge in [0.2, 0.25) is 5.91 Å². The van der Waals surface area contributed by atoms with Crippen LogP contribution in [0.4, 0.5) is 4.39 Å². The lowest BCUT2D eigenvalue weighted by Gasteiger charge is -2.64. The van der Waals surface area contributed by atoms with E-state index in [4.69, 9.17) is 5.73 Å². The molecule has 3 N–H and O–H groups in total. The Bertz CT molecular complexity index is 726. The molecule has 0 aromatic heterocycles. The van der Waals surface area contributed by atoms with E-state index in [0.717, 1.165) is 57.8 Å². The van der Waals surface area contributed by atoms with Crippen molar-refractivity contribution in [2.45, 2.75) is 81.7 Å². The third-order valence-corrected chi connectivity index (χ3v) is 8.92. The summed E-state index contributed by atoms with van der Waals surface area (Å²) in [6.07, 6.45) is 9.86. The molecule has 2 unspecified atom stereocenters. The molecule has 5 aliphatic carbocycles. The highest BCUT2D eigenvalue weighted by Crippen LogP contribution is 2.68. The van der Waals surface area contributed by atoms with Crippen LogP contribution in [0.5, 0.6) is 0 Å². The average molecular weight is 399 g/mol. The molecular weight excluding hydrogens is 363 g/mol. The normalized spacial score (nSPS) is 43.3. The smallest absolute Gasteiger partial charge is 0.226 e. The number of nitrogens with one attached hydrogen (secondary N) is 1. The van der Waals surface area contributed by atoms with Gasteiger partial charge in [0.05, 0.1) is 12.1 Å². The standard InChI is InChI=1S/C25H35FN2O/c26-11-10-22-17-12-24(19-4-2-1-3-5-19)13-18(22)15-25(14-17,16-24)23(29)28-21-8-6-20(27)7-9-21/h1-5,17-18,20-22H,6-16,27H2,(H,28,29). The fraction of sp³-hybridized carbons (Fsp3) is 0.720. The summed E-state index contributed by atoms with van der Waals surface area (Å²) < 4.78 is 13.3. The Morgan fingerprint density at radius 3 is 2.31 bits per heavy atom. The van der Waals surface area contributed by atoms with Gasteiger partial charge in [-0.15, -0.1) is 0 Å². The van der Waals surface area contributed by atoms with Crippen LogP contribution in [0.3, 0.4) is 0 Å². The van der Waals surface area contributed by atoms with E-state index in [1.165, 1.54) is 5.56 Å². The number of hydrogen-bond acceptors (Lipinski definition) is 2. The first-order chi connectivity index (χ1) is 14.0. The van der Waals surface area contributed by atoms with Crippen LogP contribution in [0.1, 0.15) is 69.8 Å². The third kappa shape index (κ3) is 3.32. The van der Waals surface area contributed by atoms with Gasteiger partial charge in [-0.1, -0.05) is 30.3 Å². The monoisotopic (exact) mass is 398 g/mol. The van der Waals surface area contributed by atoms with Crippen molar-refractivity contribution < 1.29 is 9.18 Å². The van der Waals surface area contributed by atoms with Crippen molar-refractivity contribution in [1.82, 2.24) is 5.32 Å². The maximum absolute atomic E-state index is 13.7. The topological polar surface area (TPSA) is 55.1 Å². The molecule has 0 saturated heterocycles. The molecular formula is C25H35FN2O. The Morgan fingerprint density at radius 2 is 1.69 bits per heavy atom. The van der Waals surface area contributed by atoms with Gasteiger partial charge in [-0.05, 0) is 92.9 Å². The number of nitrogens with two attached hydrogens (primary N) is 1. The molecule has 1 aromatic rings. The van der Waals surface area contributed by atoms with Crippen molar-refractivity contribution in [3.05, 3.63) is 35.9 Å². The molecule has 4 heteroatoms. The first-order valence-corrected chi connectivity index (χ1v) is 11.7. The quantitative estimate of drug-likeness (QED) is 0.767. The highest BCUT2D eigenvalue weighted by molar-refractivity contribution is 5.84. The Hall–Kier alpha value is -1.42. The number of carbonyl (C=O) groups is 1. The summed E-state index contributed by atoms with van der Waals surface area (Å²) >= 11 is 0. The zero-order chi connectivity index (χ0) is 20.1. The van der Waals surface area contributed by atoms with Gasteiger partial charge in [-0.3, -0.25) is 9.18 Å². The fourth-order valence-electron chi connectivity index (χ4n) is 7.84. The number of benzene rings is 1. The summed E-state index contributed by atoms with van der Waals surface area (Å²) in [7, 11) is 0. The molecule has 0 aliphatic heterocycles. The van der Waals surface area contributed by atoms with Gasteiger partial charge in [-0.2, -0.15) is 0 Å². The molecule has 1 aromatic carbocycles. The summed E-state index contributed by atoms with van der Waals surface area (Å²) in [5.41, 5.74) is 7.30. The maximum atomic E-state index is 13.7.